The van der Waals surface area contributed by atoms with E-state index in [9.17, 15) is 14.4 Å². The van der Waals surface area contributed by atoms with E-state index in [1.807, 2.05) is 0 Å². The molecule has 9 heteroatoms. The molecule has 0 aliphatic rings. The molecule has 0 aliphatic heterocycles. The maximum Gasteiger partial charge on any atom is 0.255 e. The lowest BCUT2D eigenvalue weighted by atomic mass is 10.2. The van der Waals surface area contributed by atoms with Gasteiger partial charge in [0.2, 0.25) is 5.91 Å². The van der Waals surface area contributed by atoms with Crippen molar-refractivity contribution in [2.45, 2.75) is 6.42 Å². The SMILES string of the molecule is Nc1ccc(NC(=O)CC(=O)CN=Nc2ccc(NC(=O)c3ccc(Cl)cc3)cc2)cc1. The van der Waals surface area contributed by atoms with Crippen LogP contribution in [0.3, 0.4) is 0 Å². The first-order valence-electron chi connectivity index (χ1n) is 9.60. The molecule has 4 N–H and O–H groups in total. The van der Waals surface area contributed by atoms with Gasteiger partial charge in [0.05, 0.1) is 12.1 Å². The lowest BCUT2D eigenvalue weighted by molar-refractivity contribution is -0.124. The fourth-order valence-corrected chi connectivity index (χ4v) is 2.74. The van der Waals surface area contributed by atoms with Crippen molar-refractivity contribution in [3.05, 3.63) is 83.4 Å². The smallest absolute Gasteiger partial charge is 0.255 e. The average Bonchev–Trinajstić information content (AvgIpc) is 2.77. The molecule has 162 valence electrons. The minimum absolute atomic E-state index is 0.218. The zero-order chi connectivity index (χ0) is 22.9. The molecule has 3 aromatic carbocycles. The number of ketones is 1. The average molecular weight is 450 g/mol. The summed E-state index contributed by atoms with van der Waals surface area (Å²) in [5.41, 5.74) is 8.30. The van der Waals surface area contributed by atoms with Crippen LogP contribution in [0.15, 0.2) is 83.0 Å². The predicted molar refractivity (Wildman–Crippen MR) is 124 cm³/mol. The summed E-state index contributed by atoms with van der Waals surface area (Å²) in [4.78, 5) is 36.0. The zero-order valence-electron chi connectivity index (χ0n) is 16.9. The molecule has 3 rings (SSSR count). The number of hydrogen-bond donors (Lipinski definition) is 3. The van der Waals surface area contributed by atoms with Crippen molar-refractivity contribution in [1.29, 1.82) is 0 Å². The third-order valence-corrected chi connectivity index (χ3v) is 4.47. The zero-order valence-corrected chi connectivity index (χ0v) is 17.7. The first-order chi connectivity index (χ1) is 15.4. The Morgan fingerprint density at radius 2 is 1.41 bits per heavy atom. The van der Waals surface area contributed by atoms with Gasteiger partial charge in [-0.3, -0.25) is 14.4 Å². The van der Waals surface area contributed by atoms with E-state index in [4.69, 9.17) is 17.3 Å². The van der Waals surface area contributed by atoms with Gasteiger partial charge in [-0.2, -0.15) is 10.2 Å². The number of carbonyl (C=O) groups is 3. The number of nitrogens with two attached hydrogens (primary N) is 1. The second-order valence-electron chi connectivity index (χ2n) is 6.79. The molecule has 0 radical (unpaired) electrons. The van der Waals surface area contributed by atoms with Crippen molar-refractivity contribution in [2.24, 2.45) is 10.2 Å². The van der Waals surface area contributed by atoms with E-state index in [0.29, 0.717) is 33.3 Å². The van der Waals surface area contributed by atoms with Crippen LogP contribution in [-0.2, 0) is 9.59 Å². The number of carbonyl (C=O) groups excluding carboxylic acids is 3. The van der Waals surface area contributed by atoms with Gasteiger partial charge in [-0.1, -0.05) is 11.6 Å². The molecule has 0 saturated carbocycles. The topological polar surface area (TPSA) is 126 Å². The van der Waals surface area contributed by atoms with Crippen LogP contribution in [0.4, 0.5) is 22.7 Å². The summed E-state index contributed by atoms with van der Waals surface area (Å²) in [6.07, 6.45) is -0.306. The molecular weight excluding hydrogens is 430 g/mol. The summed E-state index contributed by atoms with van der Waals surface area (Å²) < 4.78 is 0. The van der Waals surface area contributed by atoms with E-state index < -0.39 is 5.91 Å². The van der Waals surface area contributed by atoms with Crippen LogP contribution in [0.5, 0.6) is 0 Å². The summed E-state index contributed by atoms with van der Waals surface area (Å²) in [6, 6.07) is 19.8. The summed E-state index contributed by atoms with van der Waals surface area (Å²) >= 11 is 5.82. The number of nitrogens with zero attached hydrogens (tertiary/aromatic N) is 2. The normalized spacial score (nSPS) is 10.7. The van der Waals surface area contributed by atoms with Gasteiger partial charge in [-0.25, -0.2) is 0 Å². The van der Waals surface area contributed by atoms with Crippen LogP contribution in [0.2, 0.25) is 5.02 Å². The summed E-state index contributed by atoms with van der Waals surface area (Å²) in [7, 11) is 0. The van der Waals surface area contributed by atoms with E-state index in [1.165, 1.54) is 0 Å². The number of rotatable bonds is 8. The largest absolute Gasteiger partial charge is 0.399 e. The molecule has 0 bridgehead atoms. The molecule has 0 heterocycles. The third kappa shape index (κ3) is 7.03. The minimum atomic E-state index is -0.434. The molecule has 2 amide bonds. The van der Waals surface area contributed by atoms with Crippen LogP contribution in [-0.4, -0.2) is 24.1 Å². The van der Waals surface area contributed by atoms with E-state index in [2.05, 4.69) is 20.9 Å². The molecule has 32 heavy (non-hydrogen) atoms. The van der Waals surface area contributed by atoms with Crippen molar-refractivity contribution in [2.75, 3.05) is 22.9 Å². The van der Waals surface area contributed by atoms with E-state index in [0.717, 1.165) is 0 Å². The number of nitrogen functional groups attached to an aromatic ring is 1. The van der Waals surface area contributed by atoms with E-state index in [-0.39, 0.29) is 24.7 Å². The highest BCUT2D eigenvalue weighted by atomic mass is 35.5. The fourth-order valence-electron chi connectivity index (χ4n) is 2.62. The van der Waals surface area contributed by atoms with Gasteiger partial charge in [0.25, 0.3) is 5.91 Å². The number of Topliss-reactive ketones (excluding diaryl/α,β-unsaturated/α-hetero) is 1. The maximum atomic E-state index is 12.2. The Balaban J connectivity index is 1.45. The van der Waals surface area contributed by atoms with Gasteiger partial charge in [0, 0.05) is 27.6 Å². The quantitative estimate of drug-likeness (QED) is 0.258. The van der Waals surface area contributed by atoms with Gasteiger partial charge < -0.3 is 16.4 Å². The molecule has 0 saturated heterocycles. The van der Waals surface area contributed by atoms with Crippen molar-refractivity contribution in [3.8, 4) is 0 Å². The summed E-state index contributed by atoms with van der Waals surface area (Å²) in [5, 5.41) is 13.7. The number of benzene rings is 3. The highest BCUT2D eigenvalue weighted by Crippen LogP contribution is 2.18. The van der Waals surface area contributed by atoms with Gasteiger partial charge in [0.1, 0.15) is 6.54 Å². The number of halogens is 1. The Bertz CT molecular complexity index is 1130. The highest BCUT2D eigenvalue weighted by molar-refractivity contribution is 6.30. The molecule has 0 aliphatic carbocycles. The van der Waals surface area contributed by atoms with Crippen molar-refractivity contribution in [3.63, 3.8) is 0 Å². The van der Waals surface area contributed by atoms with Crippen molar-refractivity contribution >= 4 is 51.9 Å². The monoisotopic (exact) mass is 449 g/mol. The molecule has 0 fully saturated rings. The highest BCUT2D eigenvalue weighted by Gasteiger charge is 2.10. The van der Waals surface area contributed by atoms with Gasteiger partial charge in [-0.05, 0) is 72.8 Å². The molecule has 0 aromatic heterocycles. The summed E-state index contributed by atoms with van der Waals surface area (Å²) in [5.74, 6) is -1.07. The molecule has 0 atom stereocenters. The lowest BCUT2D eigenvalue weighted by Gasteiger charge is -2.05. The van der Waals surface area contributed by atoms with Gasteiger partial charge >= 0.3 is 0 Å². The number of amides is 2. The molecule has 3 aromatic rings. The van der Waals surface area contributed by atoms with Crippen LogP contribution in [0, 0.1) is 0 Å². The van der Waals surface area contributed by atoms with Crippen LogP contribution in [0.25, 0.3) is 0 Å². The Labute approximate surface area is 189 Å². The molecule has 8 nitrogen and oxygen atoms in total. The Morgan fingerprint density at radius 3 is 2.06 bits per heavy atom. The number of anilines is 3. The second-order valence-corrected chi connectivity index (χ2v) is 7.23. The first-order valence-corrected chi connectivity index (χ1v) is 9.98. The molecule has 0 unspecified atom stereocenters. The standard InChI is InChI=1S/C23H20ClN5O3/c24-16-3-1-15(2-4-16)23(32)28-19-9-11-20(12-10-19)29-26-14-21(30)13-22(31)27-18-7-5-17(25)6-8-18/h1-12H,13-14,25H2,(H,27,31)(H,28,32). The first kappa shape index (κ1) is 22.6. The van der Waals surface area contributed by atoms with Crippen LogP contribution >= 0.6 is 11.6 Å². The Morgan fingerprint density at radius 1 is 0.812 bits per heavy atom. The maximum absolute atomic E-state index is 12.2. The number of hydrogen-bond acceptors (Lipinski definition) is 6. The number of azo groups is 1. The van der Waals surface area contributed by atoms with Crippen LogP contribution in [0.1, 0.15) is 16.8 Å². The van der Waals surface area contributed by atoms with Gasteiger partial charge in [0.15, 0.2) is 5.78 Å². The van der Waals surface area contributed by atoms with E-state index in [1.54, 1.807) is 72.8 Å². The fraction of sp³-hybridized carbons (Fsp3) is 0.0870. The van der Waals surface area contributed by atoms with Crippen molar-refractivity contribution in [1.82, 2.24) is 0 Å². The Hall–Kier alpha value is -4.04. The molecule has 0 spiro atoms. The van der Waals surface area contributed by atoms with Gasteiger partial charge in [-0.15, -0.1) is 0 Å². The Kier molecular flexibility index (Phi) is 7.66. The van der Waals surface area contributed by atoms with Crippen molar-refractivity contribution < 1.29 is 14.4 Å². The predicted octanol–water partition coefficient (Wildman–Crippen LogP) is 4.86. The van der Waals surface area contributed by atoms with Crippen LogP contribution < -0.4 is 16.4 Å². The molecular formula is C23H20ClN5O3. The lowest BCUT2D eigenvalue weighted by Crippen LogP contribution is -2.17. The van der Waals surface area contributed by atoms with E-state index >= 15 is 0 Å². The third-order valence-electron chi connectivity index (χ3n) is 4.22. The summed E-state index contributed by atoms with van der Waals surface area (Å²) in [6.45, 7) is -0.218. The minimum Gasteiger partial charge on any atom is -0.399 e. The second kappa shape index (κ2) is 10.8. The number of nitrogens with one attached hydrogen (secondary N) is 2.